The third-order valence-corrected chi connectivity index (χ3v) is 3.11. The van der Waals surface area contributed by atoms with Crippen LogP contribution in [0.1, 0.15) is 17.0 Å². The van der Waals surface area contributed by atoms with Gasteiger partial charge < -0.3 is 10.4 Å². The second kappa shape index (κ2) is 5.36. The van der Waals surface area contributed by atoms with Gasteiger partial charge in [0.25, 0.3) is 0 Å². The van der Waals surface area contributed by atoms with E-state index in [1.165, 1.54) is 0 Å². The first-order valence-corrected chi connectivity index (χ1v) is 6.23. The first-order valence-electron chi connectivity index (χ1n) is 6.23. The van der Waals surface area contributed by atoms with Crippen LogP contribution in [0.2, 0.25) is 0 Å². The molecule has 0 unspecified atom stereocenters. The lowest BCUT2D eigenvalue weighted by Crippen LogP contribution is -2.09. The van der Waals surface area contributed by atoms with Gasteiger partial charge in [-0.15, -0.1) is 0 Å². The molecule has 2 aromatic heterocycles. The molecule has 6 nitrogen and oxygen atoms in total. The highest BCUT2D eigenvalue weighted by molar-refractivity contribution is 5.63. The third-order valence-electron chi connectivity index (χ3n) is 3.11. The van der Waals surface area contributed by atoms with E-state index >= 15 is 0 Å². The lowest BCUT2D eigenvalue weighted by atomic mass is 10.2. The number of hydrogen-bond donors (Lipinski definition) is 2. The Morgan fingerprint density at radius 3 is 2.63 bits per heavy atom. The van der Waals surface area contributed by atoms with Gasteiger partial charge in [0.1, 0.15) is 5.82 Å². The molecule has 0 amide bonds. The van der Waals surface area contributed by atoms with Crippen LogP contribution in [0, 0.1) is 20.8 Å². The van der Waals surface area contributed by atoms with E-state index in [4.69, 9.17) is 5.11 Å². The molecule has 2 heterocycles. The molecule has 0 bridgehead atoms. The summed E-state index contributed by atoms with van der Waals surface area (Å²) in [6, 6.07) is 0. The van der Waals surface area contributed by atoms with Crippen molar-refractivity contribution in [3.05, 3.63) is 23.1 Å². The monoisotopic (exact) mass is 261 g/mol. The number of aliphatic hydroxyl groups is 1. The summed E-state index contributed by atoms with van der Waals surface area (Å²) in [5.74, 6) is 1.41. The Labute approximate surface area is 112 Å². The van der Waals surface area contributed by atoms with Gasteiger partial charge in [-0.3, -0.25) is 4.68 Å². The Morgan fingerprint density at radius 2 is 2.05 bits per heavy atom. The van der Waals surface area contributed by atoms with Crippen LogP contribution in [0.3, 0.4) is 0 Å². The summed E-state index contributed by atoms with van der Waals surface area (Å²) in [7, 11) is 1.91. The SMILES string of the molecule is Cc1cnc(-c2c(C)nn(C)c2C)nc1NCCO. The zero-order chi connectivity index (χ0) is 14.0. The number of aromatic nitrogens is 4. The van der Waals surface area contributed by atoms with Crippen molar-refractivity contribution in [1.82, 2.24) is 19.7 Å². The molecule has 0 aromatic carbocycles. The molecule has 6 heteroatoms. The van der Waals surface area contributed by atoms with Crippen molar-refractivity contribution in [2.45, 2.75) is 20.8 Å². The molecule has 0 aliphatic heterocycles. The summed E-state index contributed by atoms with van der Waals surface area (Å²) in [5.41, 5.74) is 3.87. The molecule has 0 fully saturated rings. The number of aliphatic hydroxyl groups excluding tert-OH is 1. The lowest BCUT2D eigenvalue weighted by Gasteiger charge is -2.09. The summed E-state index contributed by atoms with van der Waals surface area (Å²) in [6.45, 7) is 6.43. The molecule has 0 aliphatic rings. The van der Waals surface area contributed by atoms with E-state index < -0.39 is 0 Å². The Balaban J connectivity index is 2.45. The van der Waals surface area contributed by atoms with E-state index in [2.05, 4.69) is 20.4 Å². The van der Waals surface area contributed by atoms with Gasteiger partial charge >= 0.3 is 0 Å². The van der Waals surface area contributed by atoms with Gasteiger partial charge in [-0.25, -0.2) is 9.97 Å². The standard InChI is InChI=1S/C13H19N5O/c1-8-7-15-13(16-12(8)14-5-6-19)11-9(2)17-18(4)10(11)3/h7,19H,5-6H2,1-4H3,(H,14,15,16). The molecule has 102 valence electrons. The van der Waals surface area contributed by atoms with Crippen LogP contribution in [-0.2, 0) is 7.05 Å². The van der Waals surface area contributed by atoms with Crippen molar-refractivity contribution in [3.63, 3.8) is 0 Å². The fourth-order valence-electron chi connectivity index (χ4n) is 2.01. The van der Waals surface area contributed by atoms with E-state index in [9.17, 15) is 0 Å². The van der Waals surface area contributed by atoms with Crippen molar-refractivity contribution >= 4 is 5.82 Å². The smallest absolute Gasteiger partial charge is 0.165 e. The highest BCUT2D eigenvalue weighted by Crippen LogP contribution is 2.24. The third kappa shape index (κ3) is 2.58. The topological polar surface area (TPSA) is 75.9 Å². The zero-order valence-corrected chi connectivity index (χ0v) is 11.7. The summed E-state index contributed by atoms with van der Waals surface area (Å²) in [5, 5.41) is 16.3. The molecule has 19 heavy (non-hydrogen) atoms. The minimum Gasteiger partial charge on any atom is -0.395 e. The van der Waals surface area contributed by atoms with E-state index in [0.717, 1.165) is 28.3 Å². The Morgan fingerprint density at radius 1 is 1.32 bits per heavy atom. The van der Waals surface area contributed by atoms with Crippen LogP contribution in [0.4, 0.5) is 5.82 Å². The van der Waals surface area contributed by atoms with Crippen LogP contribution in [0.15, 0.2) is 6.20 Å². The predicted molar refractivity (Wildman–Crippen MR) is 74.0 cm³/mol. The van der Waals surface area contributed by atoms with Gasteiger partial charge in [0.2, 0.25) is 0 Å². The van der Waals surface area contributed by atoms with Crippen LogP contribution >= 0.6 is 0 Å². The van der Waals surface area contributed by atoms with Gasteiger partial charge in [-0.1, -0.05) is 0 Å². The molecule has 0 atom stereocenters. The van der Waals surface area contributed by atoms with Gasteiger partial charge in [-0.05, 0) is 20.8 Å². The second-order valence-electron chi connectivity index (χ2n) is 4.55. The van der Waals surface area contributed by atoms with E-state index in [-0.39, 0.29) is 6.61 Å². The molecular weight excluding hydrogens is 242 g/mol. The van der Waals surface area contributed by atoms with Gasteiger partial charge in [0.05, 0.1) is 17.9 Å². The predicted octanol–water partition coefficient (Wildman–Crippen LogP) is 1.21. The molecule has 0 aliphatic carbocycles. The van der Waals surface area contributed by atoms with Crippen molar-refractivity contribution in [2.24, 2.45) is 7.05 Å². The molecule has 0 saturated heterocycles. The quantitative estimate of drug-likeness (QED) is 0.865. The fraction of sp³-hybridized carbons (Fsp3) is 0.462. The number of aryl methyl sites for hydroxylation is 3. The number of hydrogen-bond acceptors (Lipinski definition) is 5. The summed E-state index contributed by atoms with van der Waals surface area (Å²) >= 11 is 0. The highest BCUT2D eigenvalue weighted by Gasteiger charge is 2.15. The van der Waals surface area contributed by atoms with Crippen molar-refractivity contribution < 1.29 is 5.11 Å². The van der Waals surface area contributed by atoms with E-state index in [1.807, 2.05) is 32.5 Å². The maximum atomic E-state index is 8.88. The molecule has 0 spiro atoms. The molecule has 2 aromatic rings. The van der Waals surface area contributed by atoms with E-state index in [1.54, 1.807) is 6.20 Å². The normalized spacial score (nSPS) is 10.8. The van der Waals surface area contributed by atoms with Gasteiger partial charge in [0.15, 0.2) is 5.82 Å². The highest BCUT2D eigenvalue weighted by atomic mass is 16.3. The summed E-state index contributed by atoms with van der Waals surface area (Å²) in [6.07, 6.45) is 1.79. The van der Waals surface area contributed by atoms with Crippen molar-refractivity contribution in [3.8, 4) is 11.4 Å². The minimum absolute atomic E-state index is 0.0731. The number of nitrogens with zero attached hydrogens (tertiary/aromatic N) is 4. The lowest BCUT2D eigenvalue weighted by molar-refractivity contribution is 0.311. The number of anilines is 1. The molecule has 0 saturated carbocycles. The van der Waals surface area contributed by atoms with Gasteiger partial charge in [-0.2, -0.15) is 5.10 Å². The van der Waals surface area contributed by atoms with Gasteiger partial charge in [0, 0.05) is 31.0 Å². The second-order valence-corrected chi connectivity index (χ2v) is 4.55. The number of rotatable bonds is 4. The largest absolute Gasteiger partial charge is 0.395 e. The van der Waals surface area contributed by atoms with Crippen LogP contribution in [0.25, 0.3) is 11.4 Å². The maximum Gasteiger partial charge on any atom is 0.165 e. The molecule has 2 N–H and O–H groups in total. The Bertz CT molecular complexity index is 591. The van der Waals surface area contributed by atoms with E-state index in [0.29, 0.717) is 12.4 Å². The van der Waals surface area contributed by atoms with Crippen molar-refractivity contribution in [1.29, 1.82) is 0 Å². The number of nitrogens with one attached hydrogen (secondary N) is 1. The van der Waals surface area contributed by atoms with Crippen LogP contribution < -0.4 is 5.32 Å². The first kappa shape index (κ1) is 13.5. The minimum atomic E-state index is 0.0731. The zero-order valence-electron chi connectivity index (χ0n) is 11.7. The molecule has 0 radical (unpaired) electrons. The Hall–Kier alpha value is -1.95. The first-order chi connectivity index (χ1) is 9.04. The average molecular weight is 261 g/mol. The molecule has 2 rings (SSSR count). The summed E-state index contributed by atoms with van der Waals surface area (Å²) in [4.78, 5) is 8.91. The van der Waals surface area contributed by atoms with Crippen LogP contribution in [0.5, 0.6) is 0 Å². The van der Waals surface area contributed by atoms with Crippen LogP contribution in [-0.4, -0.2) is 38.0 Å². The summed E-state index contributed by atoms with van der Waals surface area (Å²) < 4.78 is 1.83. The van der Waals surface area contributed by atoms with Crippen molar-refractivity contribution in [2.75, 3.05) is 18.5 Å². The fourth-order valence-corrected chi connectivity index (χ4v) is 2.01. The molecular formula is C13H19N5O. The Kier molecular flexibility index (Phi) is 3.80. The average Bonchev–Trinajstić information content (AvgIpc) is 2.63. The maximum absolute atomic E-state index is 8.88.